The van der Waals surface area contributed by atoms with E-state index in [1.165, 1.54) is 23.8 Å². The van der Waals surface area contributed by atoms with Gasteiger partial charge in [0, 0.05) is 12.2 Å². The monoisotopic (exact) mass is 343 g/mol. The Morgan fingerprint density at radius 1 is 1.36 bits per heavy atom. The molecule has 0 bridgehead atoms. The predicted octanol–water partition coefficient (Wildman–Crippen LogP) is 1.51. The van der Waals surface area contributed by atoms with E-state index in [1.54, 1.807) is 18.3 Å². The summed E-state index contributed by atoms with van der Waals surface area (Å²) in [6.45, 7) is 1.82. The zero-order valence-electron chi connectivity index (χ0n) is 14.1. The fourth-order valence-electron chi connectivity index (χ4n) is 3.04. The van der Waals surface area contributed by atoms with E-state index in [0.717, 1.165) is 19.3 Å². The number of nitrogens with zero attached hydrogens (tertiary/aromatic N) is 4. The molecule has 1 N–H and O–H groups in total. The molecule has 8 heteroatoms. The van der Waals surface area contributed by atoms with E-state index in [0.29, 0.717) is 11.7 Å². The number of esters is 1. The van der Waals surface area contributed by atoms with Gasteiger partial charge in [0.05, 0.1) is 0 Å². The molecule has 0 aromatic carbocycles. The third-order valence-corrected chi connectivity index (χ3v) is 4.43. The third-order valence-electron chi connectivity index (χ3n) is 4.43. The summed E-state index contributed by atoms with van der Waals surface area (Å²) < 4.78 is 6.53. The number of amides is 1. The summed E-state index contributed by atoms with van der Waals surface area (Å²) in [6, 6.07) is 3.36. The Bertz CT molecular complexity index is 732. The average Bonchev–Trinajstić information content (AvgIpc) is 3.16. The average molecular weight is 343 g/mol. The van der Waals surface area contributed by atoms with Crippen molar-refractivity contribution in [3.05, 3.63) is 36.5 Å². The van der Waals surface area contributed by atoms with Crippen LogP contribution < -0.4 is 5.32 Å². The van der Waals surface area contributed by atoms with Crippen LogP contribution in [-0.2, 0) is 9.53 Å². The highest BCUT2D eigenvalue weighted by atomic mass is 16.5. The molecular formula is C17H21N5O3. The number of carbonyl (C=O) groups is 2. The second kappa shape index (κ2) is 7.87. The summed E-state index contributed by atoms with van der Waals surface area (Å²) in [5.74, 6) is -0.138. The molecule has 0 radical (unpaired) electrons. The van der Waals surface area contributed by atoms with Crippen LogP contribution in [0.15, 0.2) is 31.0 Å². The van der Waals surface area contributed by atoms with Gasteiger partial charge in [0.1, 0.15) is 18.2 Å². The van der Waals surface area contributed by atoms with Gasteiger partial charge in [-0.2, -0.15) is 5.10 Å². The first kappa shape index (κ1) is 17.1. The number of nitrogens with one attached hydrogen (secondary N) is 1. The first-order chi connectivity index (χ1) is 12.1. The Labute approximate surface area is 145 Å². The van der Waals surface area contributed by atoms with Crippen LogP contribution in [0.3, 0.4) is 0 Å². The molecule has 8 nitrogen and oxygen atoms in total. The minimum Gasteiger partial charge on any atom is -0.452 e. The Hall–Kier alpha value is -2.77. The summed E-state index contributed by atoms with van der Waals surface area (Å²) in [5, 5.41) is 6.92. The molecule has 0 aliphatic heterocycles. The second-order valence-electron chi connectivity index (χ2n) is 6.23. The molecule has 0 saturated heterocycles. The first-order valence-electron chi connectivity index (χ1n) is 8.41. The van der Waals surface area contributed by atoms with Crippen molar-refractivity contribution in [1.29, 1.82) is 0 Å². The highest BCUT2D eigenvalue weighted by Gasteiger charge is 2.23. The number of hydrogen-bond acceptors (Lipinski definition) is 6. The van der Waals surface area contributed by atoms with Crippen LogP contribution in [-0.4, -0.2) is 44.3 Å². The summed E-state index contributed by atoms with van der Waals surface area (Å²) in [7, 11) is 0. The molecule has 2 heterocycles. The molecule has 2 atom stereocenters. The lowest BCUT2D eigenvalue weighted by Crippen LogP contribution is -2.42. The van der Waals surface area contributed by atoms with Crippen molar-refractivity contribution in [2.75, 3.05) is 6.61 Å². The minimum absolute atomic E-state index is 0.157. The fraction of sp³-hybridized carbons (Fsp3) is 0.471. The van der Waals surface area contributed by atoms with Crippen LogP contribution in [0.25, 0.3) is 5.82 Å². The maximum atomic E-state index is 12.3. The van der Waals surface area contributed by atoms with Gasteiger partial charge in [-0.25, -0.2) is 19.4 Å². The van der Waals surface area contributed by atoms with Crippen LogP contribution in [0.4, 0.5) is 0 Å². The molecule has 3 rings (SSSR count). The van der Waals surface area contributed by atoms with E-state index >= 15 is 0 Å². The molecule has 1 aliphatic carbocycles. The van der Waals surface area contributed by atoms with Gasteiger partial charge in [-0.1, -0.05) is 19.8 Å². The molecule has 1 aliphatic rings. The van der Waals surface area contributed by atoms with Crippen LogP contribution in [0.5, 0.6) is 0 Å². The van der Waals surface area contributed by atoms with Crippen molar-refractivity contribution < 1.29 is 14.3 Å². The number of ether oxygens (including phenoxy) is 1. The quantitative estimate of drug-likeness (QED) is 0.826. The van der Waals surface area contributed by atoms with Gasteiger partial charge in [0.15, 0.2) is 12.4 Å². The smallest absolute Gasteiger partial charge is 0.342 e. The lowest BCUT2D eigenvalue weighted by Gasteiger charge is -2.29. The first-order valence-corrected chi connectivity index (χ1v) is 8.41. The van der Waals surface area contributed by atoms with Crippen LogP contribution in [0, 0.1) is 5.92 Å². The number of hydrogen-bond donors (Lipinski definition) is 1. The van der Waals surface area contributed by atoms with E-state index in [4.69, 9.17) is 4.74 Å². The van der Waals surface area contributed by atoms with Gasteiger partial charge < -0.3 is 10.1 Å². The molecule has 0 unspecified atom stereocenters. The maximum absolute atomic E-state index is 12.3. The van der Waals surface area contributed by atoms with Crippen molar-refractivity contribution in [3.8, 4) is 5.82 Å². The van der Waals surface area contributed by atoms with Crippen molar-refractivity contribution in [3.63, 3.8) is 0 Å². The van der Waals surface area contributed by atoms with E-state index in [9.17, 15) is 9.59 Å². The Kier molecular flexibility index (Phi) is 5.37. The predicted molar refractivity (Wildman–Crippen MR) is 89.0 cm³/mol. The van der Waals surface area contributed by atoms with Gasteiger partial charge in [-0.3, -0.25) is 4.79 Å². The summed E-state index contributed by atoms with van der Waals surface area (Å²) in [5.41, 5.74) is 0.229. The molecule has 1 fully saturated rings. The number of carbonyl (C=O) groups excluding carboxylic acids is 2. The van der Waals surface area contributed by atoms with Gasteiger partial charge in [-0.05, 0) is 30.9 Å². The third kappa shape index (κ3) is 4.20. The van der Waals surface area contributed by atoms with E-state index < -0.39 is 5.97 Å². The van der Waals surface area contributed by atoms with Crippen molar-refractivity contribution in [1.82, 2.24) is 25.1 Å². The number of pyridine rings is 1. The molecule has 1 amide bonds. The summed E-state index contributed by atoms with van der Waals surface area (Å²) >= 11 is 0. The topological polar surface area (TPSA) is 99.0 Å². The SMILES string of the molecule is C[C@@H]1CCCC[C@@H]1NC(=O)COC(=O)c1cccnc1-n1cncn1. The van der Waals surface area contributed by atoms with Crippen molar-refractivity contribution >= 4 is 11.9 Å². The number of aromatic nitrogens is 4. The van der Waals surface area contributed by atoms with Crippen molar-refractivity contribution in [2.45, 2.75) is 38.6 Å². The Balaban J connectivity index is 1.59. The van der Waals surface area contributed by atoms with Gasteiger partial charge >= 0.3 is 5.97 Å². The summed E-state index contributed by atoms with van der Waals surface area (Å²) in [6.07, 6.45) is 8.74. The largest absolute Gasteiger partial charge is 0.452 e. The Morgan fingerprint density at radius 2 is 2.20 bits per heavy atom. The fourth-order valence-corrected chi connectivity index (χ4v) is 3.04. The van der Waals surface area contributed by atoms with Crippen LogP contribution >= 0.6 is 0 Å². The van der Waals surface area contributed by atoms with E-state index in [-0.39, 0.29) is 24.1 Å². The lowest BCUT2D eigenvalue weighted by molar-refractivity contribution is -0.125. The highest BCUT2D eigenvalue weighted by Crippen LogP contribution is 2.23. The normalized spacial score (nSPS) is 20.0. The molecule has 0 spiro atoms. The van der Waals surface area contributed by atoms with Gasteiger partial charge in [-0.15, -0.1) is 0 Å². The molecule has 2 aromatic rings. The van der Waals surface area contributed by atoms with Crippen molar-refractivity contribution in [2.24, 2.45) is 5.92 Å². The van der Waals surface area contributed by atoms with E-state index in [2.05, 4.69) is 27.3 Å². The standard InChI is InChI=1S/C17H21N5O3/c1-12-5-2-3-7-14(12)21-15(23)9-25-17(24)13-6-4-8-19-16(13)22-11-18-10-20-22/h4,6,8,10-12,14H,2-3,5,7,9H2,1H3,(H,21,23)/t12-,14+/m1/s1. The van der Waals surface area contributed by atoms with Gasteiger partial charge in [0.25, 0.3) is 5.91 Å². The second-order valence-corrected chi connectivity index (χ2v) is 6.23. The summed E-state index contributed by atoms with van der Waals surface area (Å²) in [4.78, 5) is 32.4. The van der Waals surface area contributed by atoms with Crippen LogP contribution in [0.1, 0.15) is 43.0 Å². The zero-order chi connectivity index (χ0) is 17.6. The highest BCUT2D eigenvalue weighted by molar-refractivity contribution is 5.94. The lowest BCUT2D eigenvalue weighted by atomic mass is 9.86. The molecule has 132 valence electrons. The van der Waals surface area contributed by atoms with Gasteiger partial charge in [0.2, 0.25) is 0 Å². The molecule has 25 heavy (non-hydrogen) atoms. The minimum atomic E-state index is -0.620. The van der Waals surface area contributed by atoms with E-state index in [1.807, 2.05) is 0 Å². The molecule has 2 aromatic heterocycles. The Morgan fingerprint density at radius 3 is 2.96 bits per heavy atom. The zero-order valence-corrected chi connectivity index (χ0v) is 14.1. The molecular weight excluding hydrogens is 322 g/mol. The maximum Gasteiger partial charge on any atom is 0.342 e. The van der Waals surface area contributed by atoms with Crippen LogP contribution in [0.2, 0.25) is 0 Å². The molecule has 1 saturated carbocycles. The number of rotatable bonds is 5.